The number of fused-ring (bicyclic) bond motifs is 1. The Morgan fingerprint density at radius 1 is 0.852 bits per heavy atom. The average molecular weight is 364 g/mol. The van der Waals surface area contributed by atoms with Gasteiger partial charge in [-0.25, -0.2) is 4.79 Å². The van der Waals surface area contributed by atoms with Gasteiger partial charge in [0.2, 0.25) is 0 Å². The minimum Gasteiger partial charge on any atom is -0.423 e. The molecular weight excluding hydrogens is 336 g/mol. The first-order valence-electron chi connectivity index (χ1n) is 9.83. The highest BCUT2D eigenvalue weighted by atomic mass is 16.4. The standard InChI is InChI=1S/C23H26N2O2/c1-17-12-21-20(14-23(26)27-22(21)13-18(17)2)16-25-10-8-24(9-11-25)15-19-6-4-3-5-7-19/h3-7,12-14H,8-11,15-16H2,1-2H3/p+2. The molecule has 0 saturated carbocycles. The SMILES string of the molecule is Cc1cc2oc(=O)cc(C[NH+]3CC[NH+](Cc4ccccc4)CC3)c2cc1C. The van der Waals surface area contributed by atoms with E-state index in [-0.39, 0.29) is 5.63 Å². The molecule has 140 valence electrons. The van der Waals surface area contributed by atoms with Crippen molar-refractivity contribution in [3.63, 3.8) is 0 Å². The van der Waals surface area contributed by atoms with E-state index in [1.165, 1.54) is 24.2 Å². The molecule has 0 radical (unpaired) electrons. The van der Waals surface area contributed by atoms with Crippen LogP contribution in [0.4, 0.5) is 0 Å². The Balaban J connectivity index is 1.46. The Labute approximate surface area is 160 Å². The summed E-state index contributed by atoms with van der Waals surface area (Å²) >= 11 is 0. The monoisotopic (exact) mass is 364 g/mol. The first kappa shape index (κ1) is 18.0. The zero-order chi connectivity index (χ0) is 18.8. The Hall–Kier alpha value is -2.43. The van der Waals surface area contributed by atoms with E-state index in [0.717, 1.165) is 42.7 Å². The van der Waals surface area contributed by atoms with Crippen LogP contribution in [-0.4, -0.2) is 26.2 Å². The lowest BCUT2D eigenvalue weighted by Crippen LogP contribution is -3.27. The first-order chi connectivity index (χ1) is 13.1. The molecule has 0 amide bonds. The summed E-state index contributed by atoms with van der Waals surface area (Å²) in [7, 11) is 0. The first-order valence-corrected chi connectivity index (χ1v) is 9.83. The molecule has 0 aliphatic carbocycles. The molecule has 4 rings (SSSR count). The zero-order valence-corrected chi connectivity index (χ0v) is 16.2. The molecule has 2 heterocycles. The van der Waals surface area contributed by atoms with Gasteiger partial charge in [-0.1, -0.05) is 30.3 Å². The van der Waals surface area contributed by atoms with Crippen LogP contribution in [0.5, 0.6) is 0 Å². The van der Waals surface area contributed by atoms with Crippen molar-refractivity contribution in [2.45, 2.75) is 26.9 Å². The van der Waals surface area contributed by atoms with Gasteiger partial charge in [-0.15, -0.1) is 0 Å². The molecule has 1 saturated heterocycles. The number of rotatable bonds is 4. The summed E-state index contributed by atoms with van der Waals surface area (Å²) in [5, 5.41) is 1.09. The summed E-state index contributed by atoms with van der Waals surface area (Å²) in [5.41, 5.74) is 5.40. The highest BCUT2D eigenvalue weighted by Crippen LogP contribution is 2.21. The van der Waals surface area contributed by atoms with Gasteiger partial charge in [0.05, 0.1) is 0 Å². The van der Waals surface area contributed by atoms with Crippen LogP contribution >= 0.6 is 0 Å². The minimum absolute atomic E-state index is 0.242. The van der Waals surface area contributed by atoms with Gasteiger partial charge in [0.1, 0.15) is 44.9 Å². The number of hydrogen-bond donors (Lipinski definition) is 2. The topological polar surface area (TPSA) is 39.1 Å². The van der Waals surface area contributed by atoms with E-state index in [1.54, 1.807) is 15.9 Å². The van der Waals surface area contributed by atoms with Gasteiger partial charge in [0.15, 0.2) is 0 Å². The third-order valence-electron chi connectivity index (χ3n) is 5.85. The molecule has 3 aromatic rings. The summed E-state index contributed by atoms with van der Waals surface area (Å²) in [5.74, 6) is 0. The van der Waals surface area contributed by atoms with Crippen molar-refractivity contribution in [3.05, 3.63) is 81.2 Å². The van der Waals surface area contributed by atoms with E-state index in [9.17, 15) is 4.79 Å². The lowest BCUT2D eigenvalue weighted by atomic mass is 10.0. The largest absolute Gasteiger partial charge is 0.423 e. The van der Waals surface area contributed by atoms with Crippen LogP contribution in [-0.2, 0) is 13.1 Å². The molecule has 2 N–H and O–H groups in total. The third-order valence-corrected chi connectivity index (χ3v) is 5.85. The van der Waals surface area contributed by atoms with E-state index >= 15 is 0 Å². The second-order valence-electron chi connectivity index (χ2n) is 7.86. The molecule has 1 aliphatic rings. The molecular formula is C23H28N2O2+2. The normalized spacial score (nSPS) is 20.1. The molecule has 27 heavy (non-hydrogen) atoms. The Morgan fingerprint density at radius 2 is 1.48 bits per heavy atom. The fourth-order valence-electron chi connectivity index (χ4n) is 4.09. The second-order valence-corrected chi connectivity index (χ2v) is 7.86. The molecule has 1 aliphatic heterocycles. The smallest absolute Gasteiger partial charge is 0.336 e. The van der Waals surface area contributed by atoms with Crippen molar-refractivity contribution >= 4 is 11.0 Å². The molecule has 0 atom stereocenters. The summed E-state index contributed by atoms with van der Waals surface area (Å²) in [6.45, 7) is 10.8. The van der Waals surface area contributed by atoms with Gasteiger partial charge in [-0.05, 0) is 37.1 Å². The van der Waals surface area contributed by atoms with Crippen LogP contribution < -0.4 is 15.4 Å². The van der Waals surface area contributed by atoms with E-state index in [1.807, 2.05) is 6.07 Å². The number of piperazine rings is 1. The van der Waals surface area contributed by atoms with Crippen molar-refractivity contribution in [1.82, 2.24) is 0 Å². The van der Waals surface area contributed by atoms with Crippen molar-refractivity contribution < 1.29 is 14.2 Å². The summed E-state index contributed by atoms with van der Waals surface area (Å²) in [6.07, 6.45) is 0. The predicted molar refractivity (Wildman–Crippen MR) is 107 cm³/mol. The molecule has 0 unspecified atom stereocenters. The summed E-state index contributed by atoms with van der Waals surface area (Å²) in [6, 6.07) is 16.6. The van der Waals surface area contributed by atoms with Gasteiger partial charge in [-0.3, -0.25) is 0 Å². The maximum absolute atomic E-state index is 12.0. The van der Waals surface area contributed by atoms with Gasteiger partial charge >= 0.3 is 5.63 Å². The Kier molecular flexibility index (Phi) is 5.10. The van der Waals surface area contributed by atoms with Gasteiger partial charge in [-0.2, -0.15) is 0 Å². The van der Waals surface area contributed by atoms with Crippen molar-refractivity contribution in [1.29, 1.82) is 0 Å². The highest BCUT2D eigenvalue weighted by Gasteiger charge is 2.24. The number of quaternary nitrogens is 2. The van der Waals surface area contributed by atoms with Crippen LogP contribution in [0, 0.1) is 13.8 Å². The van der Waals surface area contributed by atoms with Crippen LogP contribution in [0.15, 0.2) is 57.7 Å². The fraction of sp³-hybridized carbons (Fsp3) is 0.348. The van der Waals surface area contributed by atoms with Crippen LogP contribution in [0.3, 0.4) is 0 Å². The van der Waals surface area contributed by atoms with Crippen molar-refractivity contribution in [3.8, 4) is 0 Å². The Morgan fingerprint density at radius 3 is 2.19 bits per heavy atom. The summed E-state index contributed by atoms with van der Waals surface area (Å²) < 4.78 is 5.44. The fourth-order valence-corrected chi connectivity index (χ4v) is 4.09. The van der Waals surface area contributed by atoms with Crippen molar-refractivity contribution in [2.24, 2.45) is 0 Å². The lowest BCUT2D eigenvalue weighted by Gasteiger charge is -2.30. The van der Waals surface area contributed by atoms with Crippen molar-refractivity contribution in [2.75, 3.05) is 26.2 Å². The third kappa shape index (κ3) is 4.12. The molecule has 0 bridgehead atoms. The van der Waals surface area contributed by atoms with E-state index in [0.29, 0.717) is 5.58 Å². The Bertz CT molecular complexity index is 986. The van der Waals surface area contributed by atoms with Gasteiger partial charge in [0.25, 0.3) is 0 Å². The van der Waals surface area contributed by atoms with E-state index in [4.69, 9.17) is 4.42 Å². The number of benzene rings is 2. The number of nitrogens with one attached hydrogen (secondary N) is 2. The molecule has 4 nitrogen and oxygen atoms in total. The number of hydrogen-bond acceptors (Lipinski definition) is 2. The maximum atomic E-state index is 12.0. The predicted octanol–water partition coefficient (Wildman–Crippen LogP) is 0.893. The number of aryl methyl sites for hydroxylation is 2. The minimum atomic E-state index is -0.242. The quantitative estimate of drug-likeness (QED) is 0.675. The zero-order valence-electron chi connectivity index (χ0n) is 16.2. The molecule has 2 aromatic carbocycles. The van der Waals surface area contributed by atoms with Gasteiger partial charge < -0.3 is 14.2 Å². The van der Waals surface area contributed by atoms with Crippen LogP contribution in [0.2, 0.25) is 0 Å². The molecule has 1 fully saturated rings. The second kappa shape index (κ2) is 7.67. The van der Waals surface area contributed by atoms with Gasteiger partial charge in [0, 0.05) is 22.6 Å². The van der Waals surface area contributed by atoms with E-state index in [2.05, 4.69) is 50.2 Å². The lowest BCUT2D eigenvalue weighted by molar-refractivity contribution is -1.02. The molecule has 4 heteroatoms. The summed E-state index contributed by atoms with van der Waals surface area (Å²) in [4.78, 5) is 15.2. The average Bonchev–Trinajstić information content (AvgIpc) is 2.66. The molecule has 0 spiro atoms. The highest BCUT2D eigenvalue weighted by molar-refractivity contribution is 5.81. The van der Waals surface area contributed by atoms with Crippen LogP contribution in [0.1, 0.15) is 22.3 Å². The molecule has 1 aromatic heterocycles. The van der Waals surface area contributed by atoms with E-state index < -0.39 is 0 Å². The van der Waals surface area contributed by atoms with Crippen LogP contribution in [0.25, 0.3) is 11.0 Å². The maximum Gasteiger partial charge on any atom is 0.336 e.